The van der Waals surface area contributed by atoms with E-state index in [-0.39, 0.29) is 0 Å². The lowest BCUT2D eigenvalue weighted by atomic mass is 9.84. The summed E-state index contributed by atoms with van der Waals surface area (Å²) in [6.45, 7) is 7.72. The standard InChI is InChI=1S/C15H24Si/c1-16(2,3)9-15-12-7-8-13(15)14(15)11-6-4-5-10(11)12/h7-8,10-14H,4-6,9H2,1-3H3. The van der Waals surface area contributed by atoms with Crippen LogP contribution in [0.25, 0.3) is 0 Å². The van der Waals surface area contributed by atoms with Crippen LogP contribution in [0.4, 0.5) is 0 Å². The fourth-order valence-corrected chi connectivity index (χ4v) is 8.61. The lowest BCUT2D eigenvalue weighted by Crippen LogP contribution is -2.29. The monoisotopic (exact) mass is 232 g/mol. The highest BCUT2D eigenvalue weighted by Gasteiger charge is 2.78. The van der Waals surface area contributed by atoms with Crippen molar-refractivity contribution in [2.24, 2.45) is 35.0 Å². The molecule has 6 atom stereocenters. The van der Waals surface area contributed by atoms with Crippen molar-refractivity contribution in [2.75, 3.05) is 0 Å². The highest BCUT2D eigenvalue weighted by Crippen LogP contribution is 2.83. The van der Waals surface area contributed by atoms with Crippen LogP contribution < -0.4 is 0 Å². The van der Waals surface area contributed by atoms with E-state index in [1.807, 2.05) is 0 Å². The fourth-order valence-electron chi connectivity index (χ4n) is 6.07. The largest absolute Gasteiger partial charge is 0.0842 e. The van der Waals surface area contributed by atoms with Gasteiger partial charge in [0.25, 0.3) is 0 Å². The van der Waals surface area contributed by atoms with E-state index in [0.29, 0.717) is 0 Å². The zero-order valence-electron chi connectivity index (χ0n) is 10.9. The maximum Gasteiger partial charge on any atom is 0.0448 e. The third kappa shape index (κ3) is 0.978. The summed E-state index contributed by atoms with van der Waals surface area (Å²) in [5.41, 5.74) is 0.820. The summed E-state index contributed by atoms with van der Waals surface area (Å²) in [5.74, 6) is 5.43. The molecule has 0 aromatic heterocycles. The second-order valence-corrected chi connectivity index (χ2v) is 13.5. The minimum Gasteiger partial charge on any atom is -0.0842 e. The second-order valence-electron chi connectivity index (χ2n) is 8.07. The third-order valence-corrected chi connectivity index (χ3v) is 7.72. The van der Waals surface area contributed by atoms with Crippen LogP contribution in [-0.2, 0) is 0 Å². The van der Waals surface area contributed by atoms with Crippen molar-refractivity contribution in [1.29, 1.82) is 0 Å². The number of hydrogen-bond acceptors (Lipinski definition) is 0. The Balaban J connectivity index is 1.69. The van der Waals surface area contributed by atoms with Gasteiger partial charge in [0.2, 0.25) is 0 Å². The molecule has 88 valence electrons. The van der Waals surface area contributed by atoms with E-state index in [4.69, 9.17) is 0 Å². The molecule has 0 N–H and O–H groups in total. The number of hydrogen-bond donors (Lipinski definition) is 0. The molecule has 0 bridgehead atoms. The van der Waals surface area contributed by atoms with E-state index >= 15 is 0 Å². The quantitative estimate of drug-likeness (QED) is 0.495. The smallest absolute Gasteiger partial charge is 0.0448 e. The van der Waals surface area contributed by atoms with Crippen molar-refractivity contribution in [1.82, 2.24) is 0 Å². The Morgan fingerprint density at radius 2 is 1.75 bits per heavy atom. The third-order valence-electron chi connectivity index (χ3n) is 6.05. The normalized spacial score (nSPS) is 56.6. The van der Waals surface area contributed by atoms with Crippen molar-refractivity contribution in [2.45, 2.75) is 44.9 Å². The van der Waals surface area contributed by atoms with Crippen molar-refractivity contribution in [3.05, 3.63) is 12.2 Å². The Morgan fingerprint density at radius 3 is 2.50 bits per heavy atom. The first-order chi connectivity index (χ1) is 7.54. The van der Waals surface area contributed by atoms with Gasteiger partial charge in [0.15, 0.2) is 0 Å². The maximum atomic E-state index is 2.64. The Kier molecular flexibility index (Phi) is 1.67. The highest BCUT2D eigenvalue weighted by molar-refractivity contribution is 6.76. The average molecular weight is 232 g/mol. The molecule has 0 radical (unpaired) electrons. The molecule has 0 aromatic carbocycles. The first kappa shape index (κ1) is 9.93. The molecule has 1 heteroatoms. The summed E-state index contributed by atoms with van der Waals surface area (Å²) in [4.78, 5) is 0. The predicted molar refractivity (Wildman–Crippen MR) is 71.0 cm³/mol. The predicted octanol–water partition coefficient (Wildman–Crippen LogP) is 4.17. The minimum atomic E-state index is -0.884. The lowest BCUT2D eigenvalue weighted by Gasteiger charge is -2.29. The van der Waals surface area contributed by atoms with Crippen molar-refractivity contribution >= 4 is 8.07 Å². The Bertz CT molecular complexity index is 364. The molecule has 3 saturated carbocycles. The van der Waals surface area contributed by atoms with Gasteiger partial charge in [-0.2, -0.15) is 0 Å². The summed E-state index contributed by atoms with van der Waals surface area (Å²) < 4.78 is 0. The van der Waals surface area contributed by atoms with Gasteiger partial charge in [-0.1, -0.05) is 44.3 Å². The molecule has 0 amide bonds. The van der Waals surface area contributed by atoms with Gasteiger partial charge in [0.1, 0.15) is 0 Å². The van der Waals surface area contributed by atoms with Crippen LogP contribution in [0.2, 0.25) is 25.7 Å². The minimum absolute atomic E-state index is 0.820. The van der Waals surface area contributed by atoms with Crippen molar-refractivity contribution < 1.29 is 0 Å². The van der Waals surface area contributed by atoms with Crippen LogP contribution in [0.1, 0.15) is 19.3 Å². The molecule has 4 aliphatic carbocycles. The molecule has 16 heavy (non-hydrogen) atoms. The van der Waals surface area contributed by atoms with E-state index < -0.39 is 8.07 Å². The van der Waals surface area contributed by atoms with E-state index in [1.54, 1.807) is 18.9 Å². The molecule has 0 aliphatic heterocycles. The molecular weight excluding hydrogens is 208 g/mol. The first-order valence-corrected chi connectivity index (χ1v) is 10.9. The molecule has 6 unspecified atom stereocenters. The molecule has 0 saturated heterocycles. The number of allylic oxidation sites excluding steroid dienone is 2. The van der Waals surface area contributed by atoms with Gasteiger partial charge in [-0.3, -0.25) is 0 Å². The Morgan fingerprint density at radius 1 is 1.06 bits per heavy atom. The van der Waals surface area contributed by atoms with E-state index in [2.05, 4.69) is 31.8 Å². The molecule has 4 rings (SSSR count). The molecule has 0 nitrogen and oxygen atoms in total. The molecule has 0 spiro atoms. The van der Waals surface area contributed by atoms with Gasteiger partial charge in [-0.25, -0.2) is 0 Å². The zero-order valence-corrected chi connectivity index (χ0v) is 11.9. The molecule has 0 aromatic rings. The van der Waals surface area contributed by atoms with E-state index in [1.165, 1.54) is 6.42 Å². The number of rotatable bonds is 2. The number of fused-ring (bicyclic) bond motifs is 4. The van der Waals surface area contributed by atoms with Crippen LogP contribution in [0, 0.1) is 35.0 Å². The maximum absolute atomic E-state index is 2.64. The zero-order chi connectivity index (χ0) is 11.1. The molecule has 0 heterocycles. The van der Waals surface area contributed by atoms with Crippen molar-refractivity contribution in [3.8, 4) is 0 Å². The van der Waals surface area contributed by atoms with Gasteiger partial charge in [0, 0.05) is 8.07 Å². The SMILES string of the molecule is C[Si](C)(C)CC12C3C=CC1C2C1CCCC13. The summed E-state index contributed by atoms with van der Waals surface area (Å²) in [7, 11) is -0.884. The van der Waals surface area contributed by atoms with E-state index in [9.17, 15) is 0 Å². The fraction of sp³-hybridized carbons (Fsp3) is 0.867. The van der Waals surface area contributed by atoms with Gasteiger partial charge in [-0.15, -0.1) is 0 Å². The van der Waals surface area contributed by atoms with Crippen LogP contribution in [0.5, 0.6) is 0 Å². The summed E-state index contributed by atoms with van der Waals surface area (Å²) in [6.07, 6.45) is 9.91. The molecule has 3 fully saturated rings. The Labute approximate surface area is 101 Å². The first-order valence-electron chi connectivity index (χ1n) is 7.22. The van der Waals surface area contributed by atoms with E-state index in [0.717, 1.165) is 35.0 Å². The summed E-state index contributed by atoms with van der Waals surface area (Å²) >= 11 is 0. The van der Waals surface area contributed by atoms with Crippen LogP contribution in [-0.4, -0.2) is 8.07 Å². The molecular formula is C15H24Si. The summed E-state index contributed by atoms with van der Waals surface area (Å²) in [6, 6.07) is 1.61. The topological polar surface area (TPSA) is 0 Å². The van der Waals surface area contributed by atoms with Gasteiger partial charge >= 0.3 is 0 Å². The second kappa shape index (κ2) is 2.68. The Hall–Kier alpha value is -0.0431. The average Bonchev–Trinajstić information content (AvgIpc) is 2.51. The van der Waals surface area contributed by atoms with Gasteiger partial charge < -0.3 is 0 Å². The van der Waals surface area contributed by atoms with Crippen molar-refractivity contribution in [3.63, 3.8) is 0 Å². The highest BCUT2D eigenvalue weighted by atomic mass is 28.3. The van der Waals surface area contributed by atoms with Crippen LogP contribution in [0.15, 0.2) is 12.2 Å². The lowest BCUT2D eigenvalue weighted by molar-refractivity contribution is 0.303. The van der Waals surface area contributed by atoms with Crippen LogP contribution in [0.3, 0.4) is 0 Å². The molecule has 4 aliphatic rings. The van der Waals surface area contributed by atoms with Gasteiger partial charge in [0.05, 0.1) is 0 Å². The van der Waals surface area contributed by atoms with Crippen LogP contribution >= 0.6 is 0 Å². The van der Waals surface area contributed by atoms with Gasteiger partial charge in [-0.05, 0) is 47.8 Å². The summed E-state index contributed by atoms with van der Waals surface area (Å²) in [5, 5.41) is 0.